The predicted molar refractivity (Wildman–Crippen MR) is 210 cm³/mol. The van der Waals surface area contributed by atoms with E-state index in [-0.39, 0.29) is 23.4 Å². The van der Waals surface area contributed by atoms with Crippen molar-refractivity contribution in [3.63, 3.8) is 0 Å². The van der Waals surface area contributed by atoms with Crippen molar-refractivity contribution in [3.8, 4) is 17.4 Å². The van der Waals surface area contributed by atoms with Gasteiger partial charge < -0.3 is 15.1 Å². The van der Waals surface area contributed by atoms with Crippen LogP contribution in [0.15, 0.2) is 83.3 Å². The number of ketones is 1. The number of Topliss-reactive ketones (excluding diaryl/α,β-unsaturated/α-hetero) is 1. The van der Waals surface area contributed by atoms with E-state index in [1.54, 1.807) is 6.07 Å². The van der Waals surface area contributed by atoms with E-state index in [4.69, 9.17) is 16.0 Å². The number of rotatable bonds is 15. The summed E-state index contributed by atoms with van der Waals surface area (Å²) in [5.74, 6) is 2.71. The minimum atomic E-state index is -0.216. The minimum absolute atomic E-state index is 0.0370. The second-order valence-electron chi connectivity index (χ2n) is 16.1. The molecule has 2 atom stereocenters. The van der Waals surface area contributed by atoms with Crippen LogP contribution < -0.4 is 10.6 Å². The first-order chi connectivity index (χ1) is 24.8. The number of hydrogen-bond acceptors (Lipinski definition) is 5. The quantitative estimate of drug-likeness (QED) is 0.127. The second kappa shape index (κ2) is 18.0. The first kappa shape index (κ1) is 39.0. The Balaban J connectivity index is 1.21. The van der Waals surface area contributed by atoms with Gasteiger partial charge in [-0.25, -0.2) is 0 Å². The summed E-state index contributed by atoms with van der Waals surface area (Å²) in [6.45, 7) is 11.2. The van der Waals surface area contributed by atoms with Crippen LogP contribution in [0.1, 0.15) is 123 Å². The Morgan fingerprint density at radius 3 is 2.31 bits per heavy atom. The standard InChI is InChI=1S/C45H54ClN3O3/c1-30-6-17-36(18-7-30)31(2)48-29-40-21-23-43(52-40)37-19-22-42(46)41(26-37)44(51)49-38(24-33-12-14-35(28-47)15-13-33)20-16-32-8-10-34(11-9-32)25-39(50)27-45(3,4)5/h6-7,12-15,17-19,21-23,26,31-32,34,38,48H,8-11,16,20,24-25,27,29H2,1-5H3,(H,49,51)/t31-,32?,34?,38+/m1/s1. The van der Waals surface area contributed by atoms with Crippen molar-refractivity contribution in [1.29, 1.82) is 5.26 Å². The van der Waals surface area contributed by atoms with E-state index < -0.39 is 0 Å². The number of nitrogens with zero attached hydrogens (tertiary/aromatic N) is 1. The molecule has 2 N–H and O–H groups in total. The number of carbonyl (C=O) groups is 2. The molecule has 3 aromatic carbocycles. The SMILES string of the molecule is Cc1ccc([C@@H](C)NCc2ccc(-c3ccc(Cl)c(C(=O)N[C@@H](CCC4CCC(CC(=O)CC(C)(C)C)CC4)Cc4ccc(C#N)cc4)c3)o2)cc1. The largest absolute Gasteiger partial charge is 0.460 e. The molecule has 1 amide bonds. The van der Waals surface area contributed by atoms with Gasteiger partial charge in [0.15, 0.2) is 0 Å². The van der Waals surface area contributed by atoms with Crippen LogP contribution in [0.2, 0.25) is 5.02 Å². The van der Waals surface area contributed by atoms with Gasteiger partial charge in [0.25, 0.3) is 5.91 Å². The molecule has 0 saturated heterocycles. The molecule has 0 spiro atoms. The maximum atomic E-state index is 13.9. The van der Waals surface area contributed by atoms with E-state index in [0.29, 0.717) is 65.3 Å². The van der Waals surface area contributed by atoms with Crippen LogP contribution in [-0.2, 0) is 17.8 Å². The average Bonchev–Trinajstić information content (AvgIpc) is 3.59. The molecule has 0 bridgehead atoms. The van der Waals surface area contributed by atoms with Crippen molar-refractivity contribution in [2.75, 3.05) is 0 Å². The number of amides is 1. The third-order valence-corrected chi connectivity index (χ3v) is 10.7. The Morgan fingerprint density at radius 2 is 1.63 bits per heavy atom. The van der Waals surface area contributed by atoms with Crippen LogP contribution in [0.25, 0.3) is 11.3 Å². The summed E-state index contributed by atoms with van der Waals surface area (Å²) in [4.78, 5) is 26.5. The van der Waals surface area contributed by atoms with Crippen LogP contribution in [0.3, 0.4) is 0 Å². The lowest BCUT2D eigenvalue weighted by Gasteiger charge is -2.30. The molecule has 1 saturated carbocycles. The number of aryl methyl sites for hydroxylation is 1. The van der Waals surface area contributed by atoms with E-state index in [0.717, 1.165) is 55.4 Å². The molecule has 274 valence electrons. The second-order valence-corrected chi connectivity index (χ2v) is 16.5. The summed E-state index contributed by atoms with van der Waals surface area (Å²) < 4.78 is 6.21. The highest BCUT2D eigenvalue weighted by Crippen LogP contribution is 2.35. The summed E-state index contributed by atoms with van der Waals surface area (Å²) in [6, 6.07) is 27.7. The molecule has 7 heteroatoms. The first-order valence-electron chi connectivity index (χ1n) is 18.9. The number of halogens is 1. The zero-order valence-corrected chi connectivity index (χ0v) is 32.2. The van der Waals surface area contributed by atoms with Gasteiger partial charge >= 0.3 is 0 Å². The summed E-state index contributed by atoms with van der Waals surface area (Å²) >= 11 is 6.64. The number of nitriles is 1. The van der Waals surface area contributed by atoms with Gasteiger partial charge in [0.05, 0.1) is 28.8 Å². The molecule has 0 radical (unpaired) electrons. The van der Waals surface area contributed by atoms with Crippen LogP contribution in [0.4, 0.5) is 0 Å². The van der Waals surface area contributed by atoms with Crippen molar-refractivity contribution in [2.45, 2.75) is 111 Å². The molecule has 1 heterocycles. The van der Waals surface area contributed by atoms with Gasteiger partial charge in [-0.2, -0.15) is 5.26 Å². The molecule has 5 rings (SSSR count). The lowest BCUT2D eigenvalue weighted by atomic mass is 9.76. The van der Waals surface area contributed by atoms with Gasteiger partial charge in [-0.1, -0.05) is 87.2 Å². The van der Waals surface area contributed by atoms with Crippen LogP contribution in [0.5, 0.6) is 0 Å². The molecule has 0 unspecified atom stereocenters. The molecule has 52 heavy (non-hydrogen) atoms. The van der Waals surface area contributed by atoms with Gasteiger partial charge in [-0.05, 0) is 117 Å². The molecule has 1 aromatic heterocycles. The van der Waals surface area contributed by atoms with Crippen molar-refractivity contribution in [3.05, 3.63) is 117 Å². The summed E-state index contributed by atoms with van der Waals surface area (Å²) in [5, 5.41) is 16.5. The summed E-state index contributed by atoms with van der Waals surface area (Å²) in [6.07, 6.45) is 8.24. The highest BCUT2D eigenvalue weighted by molar-refractivity contribution is 6.34. The fraction of sp³-hybridized carbons (Fsp3) is 0.444. The number of carbonyl (C=O) groups excluding carboxylic acids is 2. The summed E-state index contributed by atoms with van der Waals surface area (Å²) in [5.41, 5.74) is 5.37. The van der Waals surface area contributed by atoms with Gasteiger partial charge in [0.2, 0.25) is 0 Å². The average molecular weight is 720 g/mol. The molecule has 1 aliphatic carbocycles. The Hall–Kier alpha value is -4.18. The van der Waals surface area contributed by atoms with E-state index >= 15 is 0 Å². The van der Waals surface area contributed by atoms with Crippen LogP contribution in [-0.4, -0.2) is 17.7 Å². The molecule has 0 aliphatic heterocycles. The van der Waals surface area contributed by atoms with Crippen LogP contribution in [0, 0.1) is 35.5 Å². The Morgan fingerprint density at radius 1 is 0.942 bits per heavy atom. The fourth-order valence-electron chi connectivity index (χ4n) is 7.34. The van der Waals surface area contributed by atoms with E-state index in [9.17, 15) is 14.9 Å². The Bertz CT molecular complexity index is 1820. The van der Waals surface area contributed by atoms with E-state index in [1.807, 2.05) is 48.5 Å². The number of nitrogens with one attached hydrogen (secondary N) is 2. The lowest BCUT2D eigenvalue weighted by Crippen LogP contribution is -2.37. The lowest BCUT2D eigenvalue weighted by molar-refractivity contribution is -0.122. The topological polar surface area (TPSA) is 95.1 Å². The van der Waals surface area contributed by atoms with Gasteiger partial charge in [-0.3, -0.25) is 9.59 Å². The van der Waals surface area contributed by atoms with E-state index in [1.165, 1.54) is 11.1 Å². The normalized spacial score (nSPS) is 17.2. The highest BCUT2D eigenvalue weighted by Gasteiger charge is 2.26. The third kappa shape index (κ3) is 11.7. The fourth-order valence-corrected chi connectivity index (χ4v) is 7.55. The number of hydrogen-bond donors (Lipinski definition) is 2. The Kier molecular flexibility index (Phi) is 13.5. The highest BCUT2D eigenvalue weighted by atomic mass is 35.5. The number of benzene rings is 3. The molecule has 1 aliphatic rings. The maximum Gasteiger partial charge on any atom is 0.253 e. The van der Waals surface area contributed by atoms with Crippen molar-refractivity contribution in [1.82, 2.24) is 10.6 Å². The van der Waals surface area contributed by atoms with Gasteiger partial charge in [-0.15, -0.1) is 0 Å². The summed E-state index contributed by atoms with van der Waals surface area (Å²) in [7, 11) is 0. The zero-order valence-electron chi connectivity index (χ0n) is 31.4. The Labute approximate surface area is 315 Å². The third-order valence-electron chi connectivity index (χ3n) is 10.4. The van der Waals surface area contributed by atoms with E-state index in [2.05, 4.69) is 75.6 Å². The molecule has 6 nitrogen and oxygen atoms in total. The predicted octanol–water partition coefficient (Wildman–Crippen LogP) is 11.0. The first-order valence-corrected chi connectivity index (χ1v) is 19.2. The molecular weight excluding hydrogens is 666 g/mol. The van der Waals surface area contributed by atoms with Crippen molar-refractivity contribution >= 4 is 23.3 Å². The van der Waals surface area contributed by atoms with Crippen molar-refractivity contribution < 1.29 is 14.0 Å². The van der Waals surface area contributed by atoms with Gasteiger partial charge in [0.1, 0.15) is 17.3 Å². The molecule has 1 fully saturated rings. The monoisotopic (exact) mass is 719 g/mol. The minimum Gasteiger partial charge on any atom is -0.460 e. The van der Waals surface area contributed by atoms with Crippen molar-refractivity contribution in [2.24, 2.45) is 17.3 Å². The number of furan rings is 1. The maximum absolute atomic E-state index is 13.9. The molecular formula is C45H54ClN3O3. The molecule has 4 aromatic rings. The van der Waals surface area contributed by atoms with Gasteiger partial charge in [0, 0.05) is 30.5 Å². The van der Waals surface area contributed by atoms with Crippen LogP contribution >= 0.6 is 11.6 Å². The smallest absolute Gasteiger partial charge is 0.253 e. The zero-order chi connectivity index (χ0) is 37.3.